The number of rotatable bonds is 10. The van der Waals surface area contributed by atoms with E-state index in [0.29, 0.717) is 25.7 Å². The van der Waals surface area contributed by atoms with Gasteiger partial charge in [-0.05, 0) is 38.8 Å². The summed E-state index contributed by atoms with van der Waals surface area (Å²) in [4.78, 5) is 45.0. The highest BCUT2D eigenvalue weighted by atomic mass is 16.5. The third-order valence-electron chi connectivity index (χ3n) is 3.09. The molecule has 0 aliphatic rings. The van der Waals surface area contributed by atoms with Gasteiger partial charge in [0.05, 0.1) is 0 Å². The average Bonchev–Trinajstić information content (AvgIpc) is 2.46. The molecule has 0 aromatic heterocycles. The Morgan fingerprint density at radius 2 is 1.17 bits per heavy atom. The highest BCUT2D eigenvalue weighted by Gasteiger charge is 2.09. The van der Waals surface area contributed by atoms with E-state index in [0.717, 1.165) is 0 Å². The smallest absolute Gasteiger partial charge is 0.311 e. The van der Waals surface area contributed by atoms with Gasteiger partial charge in [0.1, 0.15) is 23.1 Å². The topological polar surface area (TPSA) is 86.7 Å². The number of Topliss-reactive ketones (excluding diaryl/α,β-unsaturated/α-hetero) is 2. The number of ketones is 2. The molecule has 0 amide bonds. The number of carbonyl (C=O) groups is 4. The Bertz CT molecular complexity index is 556. The molecule has 0 aliphatic carbocycles. The van der Waals surface area contributed by atoms with Crippen molar-refractivity contribution in [2.45, 2.75) is 52.4 Å². The standard InChI is InChI=1S/C18H22O6/c1-13(19)6-3-10-17(21)23-15-8-5-9-16(12-15)24-18(22)11-4-7-14(2)20/h5,8-9,12H,3-4,6-7,10-11H2,1-2H3. The average molecular weight is 334 g/mol. The van der Waals surface area contributed by atoms with Gasteiger partial charge in [0.2, 0.25) is 0 Å². The van der Waals surface area contributed by atoms with Crippen LogP contribution < -0.4 is 9.47 Å². The van der Waals surface area contributed by atoms with E-state index in [2.05, 4.69) is 0 Å². The summed E-state index contributed by atoms with van der Waals surface area (Å²) in [5, 5.41) is 0. The molecular weight excluding hydrogens is 312 g/mol. The molecule has 0 bridgehead atoms. The summed E-state index contributed by atoms with van der Waals surface area (Å²) in [5.74, 6) is -0.279. The number of ether oxygens (including phenoxy) is 2. The fraction of sp³-hybridized carbons (Fsp3) is 0.444. The molecule has 0 N–H and O–H groups in total. The van der Waals surface area contributed by atoms with E-state index < -0.39 is 11.9 Å². The minimum absolute atomic E-state index is 0.0292. The zero-order chi connectivity index (χ0) is 17.9. The van der Waals surface area contributed by atoms with Crippen LogP contribution in [0.15, 0.2) is 24.3 Å². The van der Waals surface area contributed by atoms with Crippen LogP contribution in [0.25, 0.3) is 0 Å². The number of benzene rings is 1. The highest BCUT2D eigenvalue weighted by molar-refractivity contribution is 5.78. The van der Waals surface area contributed by atoms with Gasteiger partial charge in [0, 0.05) is 31.7 Å². The largest absolute Gasteiger partial charge is 0.426 e. The summed E-state index contributed by atoms with van der Waals surface area (Å²) in [6.45, 7) is 2.94. The third-order valence-corrected chi connectivity index (χ3v) is 3.09. The lowest BCUT2D eigenvalue weighted by Gasteiger charge is -2.07. The molecule has 24 heavy (non-hydrogen) atoms. The Labute approximate surface area is 141 Å². The summed E-state index contributed by atoms with van der Waals surface area (Å²) >= 11 is 0. The fourth-order valence-electron chi connectivity index (χ4n) is 1.93. The van der Waals surface area contributed by atoms with Gasteiger partial charge in [0.15, 0.2) is 0 Å². The number of hydrogen-bond acceptors (Lipinski definition) is 6. The van der Waals surface area contributed by atoms with Crippen molar-refractivity contribution in [3.05, 3.63) is 24.3 Å². The van der Waals surface area contributed by atoms with E-state index in [1.54, 1.807) is 18.2 Å². The predicted molar refractivity (Wildman–Crippen MR) is 86.8 cm³/mol. The Hall–Kier alpha value is -2.50. The lowest BCUT2D eigenvalue weighted by molar-refractivity contribution is -0.135. The Balaban J connectivity index is 2.45. The molecular formula is C18H22O6. The van der Waals surface area contributed by atoms with E-state index >= 15 is 0 Å². The number of hydrogen-bond donors (Lipinski definition) is 0. The Morgan fingerprint density at radius 1 is 0.750 bits per heavy atom. The summed E-state index contributed by atoms with van der Waals surface area (Å²) < 4.78 is 10.3. The summed E-state index contributed by atoms with van der Waals surface area (Å²) in [7, 11) is 0. The van der Waals surface area contributed by atoms with Gasteiger partial charge in [-0.3, -0.25) is 9.59 Å². The first-order valence-corrected chi connectivity index (χ1v) is 7.87. The van der Waals surface area contributed by atoms with Crippen LogP contribution >= 0.6 is 0 Å². The zero-order valence-corrected chi connectivity index (χ0v) is 14.0. The first-order chi connectivity index (χ1) is 11.4. The second kappa shape index (κ2) is 10.3. The van der Waals surface area contributed by atoms with Crippen molar-refractivity contribution in [1.29, 1.82) is 0 Å². The van der Waals surface area contributed by atoms with Gasteiger partial charge in [-0.2, -0.15) is 0 Å². The van der Waals surface area contributed by atoms with Gasteiger partial charge in [-0.15, -0.1) is 0 Å². The molecule has 1 aromatic carbocycles. The van der Waals surface area contributed by atoms with Crippen molar-refractivity contribution in [3.63, 3.8) is 0 Å². The fourth-order valence-corrected chi connectivity index (χ4v) is 1.93. The van der Waals surface area contributed by atoms with Crippen LogP contribution in [-0.2, 0) is 19.2 Å². The SMILES string of the molecule is CC(=O)CCCC(=O)Oc1cccc(OC(=O)CCCC(C)=O)c1. The van der Waals surface area contributed by atoms with Gasteiger partial charge in [0.25, 0.3) is 0 Å². The van der Waals surface area contributed by atoms with Crippen molar-refractivity contribution >= 4 is 23.5 Å². The van der Waals surface area contributed by atoms with Crippen LogP contribution in [0, 0.1) is 0 Å². The van der Waals surface area contributed by atoms with Crippen LogP contribution in [0.4, 0.5) is 0 Å². The predicted octanol–water partition coefficient (Wildman–Crippen LogP) is 3.02. The van der Waals surface area contributed by atoms with Gasteiger partial charge in [-0.25, -0.2) is 0 Å². The van der Waals surface area contributed by atoms with Gasteiger partial charge >= 0.3 is 11.9 Å². The molecule has 0 heterocycles. The van der Waals surface area contributed by atoms with Crippen molar-refractivity contribution in [2.75, 3.05) is 0 Å². The molecule has 0 fully saturated rings. The molecule has 1 aromatic rings. The van der Waals surface area contributed by atoms with Crippen LogP contribution in [-0.4, -0.2) is 23.5 Å². The van der Waals surface area contributed by atoms with E-state index in [9.17, 15) is 19.2 Å². The maximum absolute atomic E-state index is 11.7. The van der Waals surface area contributed by atoms with E-state index in [4.69, 9.17) is 9.47 Å². The molecule has 1 rings (SSSR count). The van der Waals surface area contributed by atoms with Gasteiger partial charge in [-0.1, -0.05) is 6.07 Å². The van der Waals surface area contributed by atoms with Crippen LogP contribution in [0.3, 0.4) is 0 Å². The molecule has 6 nitrogen and oxygen atoms in total. The Morgan fingerprint density at radius 3 is 1.54 bits per heavy atom. The van der Waals surface area contributed by atoms with Crippen LogP contribution in [0.1, 0.15) is 52.4 Å². The maximum Gasteiger partial charge on any atom is 0.311 e. The van der Waals surface area contributed by atoms with Crippen LogP contribution in [0.2, 0.25) is 0 Å². The molecule has 6 heteroatoms. The Kier molecular flexibility index (Phi) is 8.39. The minimum Gasteiger partial charge on any atom is -0.426 e. The monoisotopic (exact) mass is 334 g/mol. The highest BCUT2D eigenvalue weighted by Crippen LogP contribution is 2.20. The van der Waals surface area contributed by atoms with Gasteiger partial charge < -0.3 is 19.1 Å². The van der Waals surface area contributed by atoms with Crippen molar-refractivity contribution in [2.24, 2.45) is 0 Å². The van der Waals surface area contributed by atoms with Crippen molar-refractivity contribution in [1.82, 2.24) is 0 Å². The van der Waals surface area contributed by atoms with Crippen molar-refractivity contribution in [3.8, 4) is 11.5 Å². The molecule has 0 aliphatic heterocycles. The van der Waals surface area contributed by atoms with Crippen molar-refractivity contribution < 1.29 is 28.7 Å². The number of esters is 2. The lowest BCUT2D eigenvalue weighted by Crippen LogP contribution is -2.10. The molecule has 130 valence electrons. The first-order valence-electron chi connectivity index (χ1n) is 7.87. The molecule has 0 spiro atoms. The zero-order valence-electron chi connectivity index (χ0n) is 14.0. The van der Waals surface area contributed by atoms with Crippen LogP contribution in [0.5, 0.6) is 11.5 Å². The normalized spacial score (nSPS) is 10.1. The molecule has 0 saturated carbocycles. The maximum atomic E-state index is 11.7. The summed E-state index contributed by atoms with van der Waals surface area (Å²) in [6.07, 6.45) is 1.86. The second-order valence-electron chi connectivity index (χ2n) is 5.53. The third kappa shape index (κ3) is 8.82. The quantitative estimate of drug-likeness (QED) is 0.483. The second-order valence-corrected chi connectivity index (χ2v) is 5.53. The van der Waals surface area contributed by atoms with E-state index in [1.165, 1.54) is 19.9 Å². The van der Waals surface area contributed by atoms with E-state index in [-0.39, 0.29) is 35.9 Å². The molecule has 0 radical (unpaired) electrons. The first kappa shape index (κ1) is 19.5. The summed E-state index contributed by atoms with van der Waals surface area (Å²) in [6, 6.07) is 6.22. The molecule has 0 saturated heterocycles. The lowest BCUT2D eigenvalue weighted by atomic mass is 10.2. The minimum atomic E-state index is -0.443. The molecule has 0 atom stereocenters. The number of carbonyl (C=O) groups excluding carboxylic acids is 4. The summed E-state index contributed by atoms with van der Waals surface area (Å²) in [5.41, 5.74) is 0. The van der Waals surface area contributed by atoms with E-state index in [1.807, 2.05) is 0 Å². The molecule has 0 unspecified atom stereocenters.